The highest BCUT2D eigenvalue weighted by atomic mass is 19.1. The van der Waals surface area contributed by atoms with Gasteiger partial charge in [-0.1, -0.05) is 30.3 Å². The number of nitrogens with zero attached hydrogens (tertiary/aromatic N) is 1. The van der Waals surface area contributed by atoms with Crippen LogP contribution in [-0.4, -0.2) is 42.4 Å². The van der Waals surface area contributed by atoms with Crippen LogP contribution in [0.5, 0.6) is 0 Å². The van der Waals surface area contributed by atoms with Gasteiger partial charge in [-0.25, -0.2) is 4.39 Å². The molecule has 2 amide bonds. The van der Waals surface area contributed by atoms with Gasteiger partial charge in [-0.2, -0.15) is 0 Å². The third-order valence-corrected chi connectivity index (χ3v) is 4.63. The van der Waals surface area contributed by atoms with Gasteiger partial charge in [0.15, 0.2) is 0 Å². The van der Waals surface area contributed by atoms with E-state index in [2.05, 4.69) is 15.5 Å². The number of amides is 2. The van der Waals surface area contributed by atoms with Crippen LogP contribution in [0.15, 0.2) is 60.7 Å². The summed E-state index contributed by atoms with van der Waals surface area (Å²) in [5.41, 5.74) is 1.44. The van der Waals surface area contributed by atoms with Gasteiger partial charge in [0.25, 0.3) is 0 Å². The monoisotopic (exact) mass is 381 g/mol. The van der Waals surface area contributed by atoms with Crippen molar-refractivity contribution in [2.24, 2.45) is 0 Å². The lowest BCUT2D eigenvalue weighted by Crippen LogP contribution is -2.46. The van der Waals surface area contributed by atoms with Crippen molar-refractivity contribution in [1.82, 2.24) is 10.2 Å². The second kappa shape index (κ2) is 9.80. The van der Waals surface area contributed by atoms with Gasteiger partial charge >= 0.3 is 0 Å². The highest BCUT2D eigenvalue weighted by molar-refractivity contribution is 5.92. The van der Waals surface area contributed by atoms with E-state index in [1.165, 1.54) is 18.2 Å². The Labute approximate surface area is 164 Å². The lowest BCUT2D eigenvalue weighted by molar-refractivity contribution is -0.119. The molecule has 0 spiro atoms. The molecule has 0 aromatic heterocycles. The summed E-state index contributed by atoms with van der Waals surface area (Å²) in [5.74, 6) is -0.553. The maximum atomic E-state index is 13.1. The molecule has 1 aliphatic rings. The van der Waals surface area contributed by atoms with E-state index in [-0.39, 0.29) is 23.7 Å². The Balaban J connectivity index is 1.39. The van der Waals surface area contributed by atoms with Crippen LogP contribution in [0.1, 0.15) is 18.4 Å². The van der Waals surface area contributed by atoms with Crippen molar-refractivity contribution in [2.75, 3.05) is 25.0 Å². The fraction of sp³-hybridized carbons (Fsp3) is 0.273. The number of piperidine rings is 1. The van der Waals surface area contributed by atoms with Gasteiger partial charge < -0.3 is 10.6 Å². The van der Waals surface area contributed by atoms with Crippen molar-refractivity contribution < 1.29 is 14.0 Å². The summed E-state index contributed by atoms with van der Waals surface area (Å²) in [4.78, 5) is 26.3. The molecule has 1 aliphatic heterocycles. The minimum atomic E-state index is -0.328. The first-order chi connectivity index (χ1) is 13.6. The maximum Gasteiger partial charge on any atom is 0.244 e. The van der Waals surface area contributed by atoms with Crippen LogP contribution in [0.4, 0.5) is 10.1 Å². The molecule has 1 saturated heterocycles. The second-order valence-corrected chi connectivity index (χ2v) is 6.86. The van der Waals surface area contributed by atoms with Gasteiger partial charge in [-0.05, 0) is 48.7 Å². The fourth-order valence-electron chi connectivity index (χ4n) is 3.19. The molecule has 2 N–H and O–H groups in total. The summed E-state index contributed by atoms with van der Waals surface area (Å²) in [7, 11) is 0. The smallest absolute Gasteiger partial charge is 0.244 e. The van der Waals surface area contributed by atoms with Crippen LogP contribution >= 0.6 is 0 Å². The number of likely N-dealkylation sites (tertiary alicyclic amines) is 1. The fourth-order valence-corrected chi connectivity index (χ4v) is 3.19. The molecule has 1 heterocycles. The lowest BCUT2D eigenvalue weighted by Gasteiger charge is -2.31. The zero-order valence-corrected chi connectivity index (χ0v) is 15.6. The number of halogens is 1. The molecule has 6 heteroatoms. The Kier molecular flexibility index (Phi) is 6.92. The van der Waals surface area contributed by atoms with Crippen molar-refractivity contribution in [1.29, 1.82) is 0 Å². The number of anilines is 1. The number of rotatable bonds is 6. The number of carbonyl (C=O) groups excluding carboxylic acids is 2. The van der Waals surface area contributed by atoms with Gasteiger partial charge in [0.05, 0.1) is 6.54 Å². The molecule has 1 fully saturated rings. The molecule has 146 valence electrons. The normalized spacial score (nSPS) is 15.5. The van der Waals surface area contributed by atoms with E-state index in [0.717, 1.165) is 31.6 Å². The first-order valence-electron chi connectivity index (χ1n) is 9.40. The van der Waals surface area contributed by atoms with Gasteiger partial charge in [0.1, 0.15) is 5.82 Å². The van der Waals surface area contributed by atoms with E-state index in [0.29, 0.717) is 12.1 Å². The molecule has 3 rings (SSSR count). The Morgan fingerprint density at radius 2 is 1.82 bits per heavy atom. The van der Waals surface area contributed by atoms with E-state index in [4.69, 9.17) is 0 Å². The molecule has 2 aromatic carbocycles. The average Bonchev–Trinajstić information content (AvgIpc) is 2.69. The standard InChI is InChI=1S/C22H24FN3O2/c23-18-6-4-5-17(15-18)9-10-21(27)24-20-11-13-26(14-12-20)16-22(28)25-19-7-2-1-3-8-19/h1-10,15,20H,11-14,16H2,(H,24,27)(H,25,28)/b10-9+. The summed E-state index contributed by atoms with van der Waals surface area (Å²) in [6.07, 6.45) is 4.60. The van der Waals surface area contributed by atoms with E-state index in [1.54, 1.807) is 18.2 Å². The van der Waals surface area contributed by atoms with Crippen LogP contribution in [-0.2, 0) is 9.59 Å². The number of benzene rings is 2. The number of hydrogen-bond acceptors (Lipinski definition) is 3. The van der Waals surface area contributed by atoms with Crippen LogP contribution < -0.4 is 10.6 Å². The Hall–Kier alpha value is -2.99. The molecular weight excluding hydrogens is 357 g/mol. The third kappa shape index (κ3) is 6.32. The van der Waals surface area contributed by atoms with Crippen molar-refractivity contribution in [3.05, 3.63) is 72.1 Å². The minimum absolute atomic E-state index is 0.0355. The predicted octanol–water partition coefficient (Wildman–Crippen LogP) is 3.06. The first-order valence-corrected chi connectivity index (χ1v) is 9.40. The summed E-state index contributed by atoms with van der Waals surface area (Å²) in [6.45, 7) is 1.84. The molecule has 0 unspecified atom stereocenters. The van der Waals surface area contributed by atoms with Gasteiger partial charge in [-0.3, -0.25) is 14.5 Å². The Morgan fingerprint density at radius 1 is 1.07 bits per heavy atom. The molecule has 0 atom stereocenters. The van der Waals surface area contributed by atoms with Crippen molar-refractivity contribution in [3.63, 3.8) is 0 Å². The summed E-state index contributed by atoms with van der Waals surface area (Å²) in [6, 6.07) is 15.6. The van der Waals surface area contributed by atoms with Crippen LogP contribution in [0.2, 0.25) is 0 Å². The molecule has 5 nitrogen and oxygen atoms in total. The van der Waals surface area contributed by atoms with Gasteiger partial charge in [-0.15, -0.1) is 0 Å². The van der Waals surface area contributed by atoms with E-state index in [9.17, 15) is 14.0 Å². The van der Waals surface area contributed by atoms with Crippen LogP contribution in [0.3, 0.4) is 0 Å². The Morgan fingerprint density at radius 3 is 2.54 bits per heavy atom. The van der Waals surface area contributed by atoms with Crippen LogP contribution in [0.25, 0.3) is 6.08 Å². The zero-order chi connectivity index (χ0) is 19.8. The summed E-state index contributed by atoms with van der Waals surface area (Å²) >= 11 is 0. The topological polar surface area (TPSA) is 61.4 Å². The highest BCUT2D eigenvalue weighted by Gasteiger charge is 2.21. The highest BCUT2D eigenvalue weighted by Crippen LogP contribution is 2.12. The molecule has 2 aromatic rings. The molecule has 0 bridgehead atoms. The van der Waals surface area contributed by atoms with E-state index in [1.807, 2.05) is 30.3 Å². The number of carbonyl (C=O) groups is 2. The van der Waals surface area contributed by atoms with Crippen LogP contribution in [0, 0.1) is 5.82 Å². The predicted molar refractivity (Wildman–Crippen MR) is 108 cm³/mol. The summed E-state index contributed by atoms with van der Waals surface area (Å²) in [5, 5.41) is 5.85. The van der Waals surface area contributed by atoms with Crippen molar-refractivity contribution in [2.45, 2.75) is 18.9 Å². The quantitative estimate of drug-likeness (QED) is 0.756. The molecule has 0 radical (unpaired) electrons. The van der Waals surface area contributed by atoms with E-state index < -0.39 is 0 Å². The van der Waals surface area contributed by atoms with Crippen molar-refractivity contribution in [3.8, 4) is 0 Å². The largest absolute Gasteiger partial charge is 0.350 e. The lowest BCUT2D eigenvalue weighted by atomic mass is 10.0. The second-order valence-electron chi connectivity index (χ2n) is 6.86. The van der Waals surface area contributed by atoms with Crippen molar-refractivity contribution >= 4 is 23.6 Å². The molecule has 0 saturated carbocycles. The molecule has 28 heavy (non-hydrogen) atoms. The number of nitrogens with one attached hydrogen (secondary N) is 2. The number of hydrogen-bond donors (Lipinski definition) is 2. The number of para-hydroxylation sites is 1. The molecular formula is C22H24FN3O2. The zero-order valence-electron chi connectivity index (χ0n) is 15.6. The maximum absolute atomic E-state index is 13.1. The van der Waals surface area contributed by atoms with Gasteiger partial charge in [0, 0.05) is 30.9 Å². The average molecular weight is 381 g/mol. The minimum Gasteiger partial charge on any atom is -0.350 e. The molecule has 0 aliphatic carbocycles. The third-order valence-electron chi connectivity index (χ3n) is 4.63. The van der Waals surface area contributed by atoms with Gasteiger partial charge in [0.2, 0.25) is 11.8 Å². The first kappa shape index (κ1) is 19.8. The van der Waals surface area contributed by atoms with E-state index >= 15 is 0 Å². The Bertz CT molecular complexity index is 831. The SMILES string of the molecule is O=C(/C=C/c1cccc(F)c1)NC1CCN(CC(=O)Nc2ccccc2)CC1. The summed E-state index contributed by atoms with van der Waals surface area (Å²) < 4.78 is 13.1.